The predicted molar refractivity (Wildman–Crippen MR) is 82.0 cm³/mol. The van der Waals surface area contributed by atoms with Crippen molar-refractivity contribution in [3.8, 4) is 0 Å². The van der Waals surface area contributed by atoms with E-state index in [2.05, 4.69) is 10.2 Å². The molecule has 1 aromatic rings. The van der Waals surface area contributed by atoms with Crippen molar-refractivity contribution < 1.29 is 8.42 Å². The Morgan fingerprint density at radius 1 is 1.35 bits per heavy atom. The molecule has 2 rings (SSSR count). The number of nitrogens with zero attached hydrogens (tertiary/aromatic N) is 2. The summed E-state index contributed by atoms with van der Waals surface area (Å²) < 4.78 is 26.2. The Labute approximate surface area is 122 Å². The molecule has 0 bridgehead atoms. The second kappa shape index (κ2) is 7.22. The van der Waals surface area contributed by atoms with Crippen LogP contribution in [0.1, 0.15) is 51.1 Å². The van der Waals surface area contributed by atoms with Crippen LogP contribution in [0.2, 0.25) is 0 Å². The van der Waals surface area contributed by atoms with Crippen LogP contribution in [-0.2, 0) is 23.0 Å². The molecule has 0 saturated carbocycles. The Balaban J connectivity index is 0.000000956. The van der Waals surface area contributed by atoms with E-state index in [0.29, 0.717) is 13.1 Å². The highest BCUT2D eigenvalue weighted by molar-refractivity contribution is 7.89. The fraction of sp³-hybridized carbons (Fsp3) is 0.786. The van der Waals surface area contributed by atoms with Gasteiger partial charge in [-0.25, -0.2) is 8.42 Å². The van der Waals surface area contributed by atoms with Crippen LogP contribution in [0.3, 0.4) is 0 Å². The maximum Gasteiger partial charge on any atom is 0.214 e. The van der Waals surface area contributed by atoms with E-state index < -0.39 is 10.0 Å². The third kappa shape index (κ3) is 4.06. The highest BCUT2D eigenvalue weighted by Gasteiger charge is 2.27. The first-order valence-electron chi connectivity index (χ1n) is 7.40. The number of H-pyrrole nitrogens is 1. The monoisotopic (exact) mass is 301 g/mol. The van der Waals surface area contributed by atoms with Crippen LogP contribution in [0.15, 0.2) is 0 Å². The molecule has 1 aliphatic heterocycles. The van der Waals surface area contributed by atoms with Crippen LogP contribution in [0.4, 0.5) is 0 Å². The summed E-state index contributed by atoms with van der Waals surface area (Å²) in [5, 5.41) is 7.20. The molecule has 0 unspecified atom stereocenters. The van der Waals surface area contributed by atoms with Gasteiger partial charge in [0.25, 0.3) is 0 Å². The van der Waals surface area contributed by atoms with E-state index in [0.717, 1.165) is 29.8 Å². The van der Waals surface area contributed by atoms with Crippen molar-refractivity contribution in [1.82, 2.24) is 14.5 Å². The van der Waals surface area contributed by atoms with Crippen LogP contribution in [-0.4, -0.2) is 35.2 Å². The summed E-state index contributed by atoms with van der Waals surface area (Å²) in [4.78, 5) is 0. The van der Waals surface area contributed by atoms with Crippen LogP contribution in [0.25, 0.3) is 0 Å². The molecular formula is C14H27N3O2S. The molecule has 0 aromatic carbocycles. The number of fused-ring (bicyclic) bond motifs is 1. The quantitative estimate of drug-likeness (QED) is 0.932. The maximum atomic E-state index is 12.3. The van der Waals surface area contributed by atoms with Gasteiger partial charge in [-0.15, -0.1) is 0 Å². The van der Waals surface area contributed by atoms with Crippen LogP contribution in [0, 0.1) is 12.8 Å². The van der Waals surface area contributed by atoms with Crippen LogP contribution < -0.4 is 0 Å². The van der Waals surface area contributed by atoms with Gasteiger partial charge in [-0.05, 0) is 25.7 Å². The number of hydrogen-bond acceptors (Lipinski definition) is 3. The predicted octanol–water partition coefficient (Wildman–Crippen LogP) is 2.48. The lowest BCUT2D eigenvalue weighted by Crippen LogP contribution is -2.34. The first kappa shape index (κ1) is 17.2. The summed E-state index contributed by atoms with van der Waals surface area (Å²) in [6.45, 7) is 10.9. The second-order valence-electron chi connectivity index (χ2n) is 5.38. The number of aryl methyl sites for hydroxylation is 2. The summed E-state index contributed by atoms with van der Waals surface area (Å²) >= 11 is 0. The molecule has 0 fully saturated rings. The molecule has 0 aliphatic carbocycles. The molecule has 20 heavy (non-hydrogen) atoms. The highest BCUT2D eigenvalue weighted by Crippen LogP contribution is 2.22. The van der Waals surface area contributed by atoms with Crippen molar-refractivity contribution in [1.29, 1.82) is 0 Å². The molecular weight excluding hydrogens is 274 g/mol. The molecule has 0 saturated heterocycles. The van der Waals surface area contributed by atoms with Gasteiger partial charge in [0.05, 0.1) is 11.4 Å². The standard InChI is InChI=1S/C12H21N3O2S.C2H6/c1-9(2)8-18(16,17)15-6-4-5-12-11(7-15)10(3)13-14-12;1-2/h9H,4-8H2,1-3H3,(H,13,14);1-2H3. The number of sulfonamides is 1. The number of aromatic amines is 1. The molecule has 2 heterocycles. The fourth-order valence-corrected chi connectivity index (χ4v) is 4.15. The summed E-state index contributed by atoms with van der Waals surface area (Å²) in [6, 6.07) is 0. The Morgan fingerprint density at radius 3 is 2.60 bits per heavy atom. The third-order valence-corrected chi connectivity index (χ3v) is 5.44. The van der Waals surface area contributed by atoms with Crippen molar-refractivity contribution in [3.05, 3.63) is 17.0 Å². The minimum atomic E-state index is -3.15. The maximum absolute atomic E-state index is 12.3. The average Bonchev–Trinajstić information content (AvgIpc) is 2.61. The molecule has 1 N–H and O–H groups in total. The van der Waals surface area contributed by atoms with Gasteiger partial charge in [0.2, 0.25) is 10.0 Å². The minimum absolute atomic E-state index is 0.156. The average molecular weight is 301 g/mol. The first-order valence-corrected chi connectivity index (χ1v) is 9.01. The van der Waals surface area contributed by atoms with Gasteiger partial charge in [-0.3, -0.25) is 5.10 Å². The van der Waals surface area contributed by atoms with Crippen LogP contribution >= 0.6 is 0 Å². The topological polar surface area (TPSA) is 66.1 Å². The molecule has 0 atom stereocenters. The minimum Gasteiger partial charge on any atom is -0.282 e. The van der Waals surface area contributed by atoms with E-state index in [4.69, 9.17) is 0 Å². The van der Waals surface area contributed by atoms with Crippen molar-refractivity contribution in [2.24, 2.45) is 5.92 Å². The summed E-state index contributed by atoms with van der Waals surface area (Å²) in [6.07, 6.45) is 1.70. The van der Waals surface area contributed by atoms with Crippen molar-refractivity contribution in [2.75, 3.05) is 12.3 Å². The zero-order valence-corrected chi connectivity index (χ0v) is 14.0. The van der Waals surface area contributed by atoms with Gasteiger partial charge in [0.15, 0.2) is 0 Å². The van der Waals surface area contributed by atoms with E-state index in [1.165, 1.54) is 0 Å². The lowest BCUT2D eigenvalue weighted by Gasteiger charge is -2.21. The number of aromatic nitrogens is 2. The lowest BCUT2D eigenvalue weighted by atomic mass is 10.1. The van der Waals surface area contributed by atoms with E-state index in [-0.39, 0.29) is 11.7 Å². The summed E-state index contributed by atoms with van der Waals surface area (Å²) in [5.74, 6) is 0.377. The summed E-state index contributed by atoms with van der Waals surface area (Å²) in [5.41, 5.74) is 3.06. The highest BCUT2D eigenvalue weighted by atomic mass is 32.2. The van der Waals surface area contributed by atoms with Gasteiger partial charge in [0.1, 0.15) is 0 Å². The van der Waals surface area contributed by atoms with E-state index >= 15 is 0 Å². The SMILES string of the molecule is CC.Cc1[nH]nc2c1CN(S(=O)(=O)CC(C)C)CCC2. The third-order valence-electron chi connectivity index (χ3n) is 3.25. The molecule has 1 aromatic heterocycles. The van der Waals surface area contributed by atoms with Crippen molar-refractivity contribution >= 4 is 10.0 Å². The largest absolute Gasteiger partial charge is 0.282 e. The molecule has 6 heteroatoms. The Kier molecular flexibility index (Phi) is 6.20. The van der Waals surface area contributed by atoms with Gasteiger partial charge in [-0.2, -0.15) is 9.40 Å². The zero-order valence-electron chi connectivity index (χ0n) is 13.2. The molecule has 0 amide bonds. The zero-order chi connectivity index (χ0) is 15.3. The summed E-state index contributed by atoms with van der Waals surface area (Å²) in [7, 11) is -3.15. The normalized spacial score (nSPS) is 16.3. The first-order chi connectivity index (χ1) is 9.40. The van der Waals surface area contributed by atoms with Crippen LogP contribution in [0.5, 0.6) is 0 Å². The van der Waals surface area contributed by atoms with Gasteiger partial charge in [-0.1, -0.05) is 27.7 Å². The van der Waals surface area contributed by atoms with Gasteiger partial charge in [0, 0.05) is 24.3 Å². The van der Waals surface area contributed by atoms with E-state index in [1.807, 2.05) is 34.6 Å². The van der Waals surface area contributed by atoms with E-state index in [1.54, 1.807) is 4.31 Å². The number of nitrogens with one attached hydrogen (secondary N) is 1. The Hall–Kier alpha value is -0.880. The number of rotatable bonds is 3. The smallest absolute Gasteiger partial charge is 0.214 e. The van der Waals surface area contributed by atoms with Gasteiger partial charge < -0.3 is 0 Å². The molecule has 116 valence electrons. The van der Waals surface area contributed by atoms with E-state index in [9.17, 15) is 8.42 Å². The lowest BCUT2D eigenvalue weighted by molar-refractivity contribution is 0.405. The van der Waals surface area contributed by atoms with Crippen molar-refractivity contribution in [2.45, 2.75) is 54.0 Å². The number of hydrogen-bond donors (Lipinski definition) is 1. The fourth-order valence-electron chi connectivity index (χ4n) is 2.36. The van der Waals surface area contributed by atoms with Gasteiger partial charge >= 0.3 is 0 Å². The molecule has 1 aliphatic rings. The molecule has 0 spiro atoms. The Bertz CT molecular complexity index is 521. The Morgan fingerprint density at radius 2 is 2.00 bits per heavy atom. The second-order valence-corrected chi connectivity index (χ2v) is 7.40. The molecule has 0 radical (unpaired) electrons. The van der Waals surface area contributed by atoms with Crippen molar-refractivity contribution in [3.63, 3.8) is 0 Å². The molecule has 5 nitrogen and oxygen atoms in total.